The van der Waals surface area contributed by atoms with Gasteiger partial charge in [-0.3, -0.25) is 14.6 Å². The second kappa shape index (κ2) is 3.50. The molecule has 1 N–H and O–H groups in total. The van der Waals surface area contributed by atoms with E-state index in [1.807, 2.05) is 0 Å². The number of hydrogen-bond acceptors (Lipinski definition) is 4. The molecule has 0 amide bonds. The number of rotatable bonds is 3. The second-order valence-corrected chi connectivity index (χ2v) is 1.81. The average Bonchev–Trinajstić information content (AvgIpc) is 2.04. The molecule has 0 spiro atoms. The third-order valence-corrected chi connectivity index (χ3v) is 1.03. The molecule has 1 rings (SSSR count). The van der Waals surface area contributed by atoms with Crippen molar-refractivity contribution in [1.82, 2.24) is 9.97 Å². The first-order valence-corrected chi connectivity index (χ1v) is 2.92. The number of carbonyl (C=O) groups is 1. The Balaban J connectivity index is 2.66. The molecule has 5 nitrogen and oxygen atoms in total. The van der Waals surface area contributed by atoms with Crippen molar-refractivity contribution >= 4 is 6.47 Å². The van der Waals surface area contributed by atoms with E-state index in [-0.39, 0.29) is 12.2 Å². The lowest BCUT2D eigenvalue weighted by Gasteiger charge is -1.94. The number of H-pyrrole nitrogens is 1. The van der Waals surface area contributed by atoms with Crippen molar-refractivity contribution in [3.05, 3.63) is 28.4 Å². The number of nitrogens with zero attached hydrogens (tertiary/aromatic N) is 1. The monoisotopic (exact) mass is 154 g/mol. The highest BCUT2D eigenvalue weighted by Gasteiger charge is 1.92. The minimum atomic E-state index is -0.278. The molecule has 0 unspecified atom stereocenters. The highest BCUT2D eigenvalue weighted by atomic mass is 16.5. The van der Waals surface area contributed by atoms with Gasteiger partial charge in [0.05, 0.1) is 11.9 Å². The van der Waals surface area contributed by atoms with Gasteiger partial charge >= 0.3 is 0 Å². The molecule has 0 bridgehead atoms. The van der Waals surface area contributed by atoms with Crippen molar-refractivity contribution < 1.29 is 9.53 Å². The Hall–Kier alpha value is -1.65. The first kappa shape index (κ1) is 7.46. The van der Waals surface area contributed by atoms with Crippen molar-refractivity contribution in [2.24, 2.45) is 0 Å². The molecule has 0 saturated heterocycles. The van der Waals surface area contributed by atoms with E-state index in [2.05, 4.69) is 14.7 Å². The van der Waals surface area contributed by atoms with Crippen LogP contribution in [0.25, 0.3) is 0 Å². The molecule has 0 aliphatic heterocycles. The third-order valence-electron chi connectivity index (χ3n) is 1.03. The molecule has 5 heteroatoms. The van der Waals surface area contributed by atoms with Crippen LogP contribution in [0.2, 0.25) is 0 Å². The van der Waals surface area contributed by atoms with Gasteiger partial charge in [-0.05, 0) is 0 Å². The van der Waals surface area contributed by atoms with Gasteiger partial charge in [0, 0.05) is 6.20 Å². The summed E-state index contributed by atoms with van der Waals surface area (Å²) in [6, 6.07) is 0. The highest BCUT2D eigenvalue weighted by Crippen LogP contribution is 1.88. The van der Waals surface area contributed by atoms with E-state index >= 15 is 0 Å². The van der Waals surface area contributed by atoms with E-state index in [1.54, 1.807) is 0 Å². The number of hydrogen-bond donors (Lipinski definition) is 1. The van der Waals surface area contributed by atoms with Crippen molar-refractivity contribution in [2.45, 2.75) is 6.61 Å². The second-order valence-electron chi connectivity index (χ2n) is 1.81. The summed E-state index contributed by atoms with van der Waals surface area (Å²) in [5.41, 5.74) is 0.233. The number of aromatic nitrogens is 2. The number of ether oxygens (including phenoxy) is 1. The van der Waals surface area contributed by atoms with Crippen LogP contribution in [-0.4, -0.2) is 16.4 Å². The molecule has 0 aliphatic carbocycles. The minimum absolute atomic E-state index is 0.0836. The van der Waals surface area contributed by atoms with Gasteiger partial charge in [0.2, 0.25) is 0 Å². The number of carbonyl (C=O) groups excluding carboxylic acids is 1. The van der Waals surface area contributed by atoms with E-state index in [0.29, 0.717) is 12.2 Å². The summed E-state index contributed by atoms with van der Waals surface area (Å²) in [6.45, 7) is 0.410. The summed E-state index contributed by atoms with van der Waals surface area (Å²) in [5.74, 6) is 0. The Morgan fingerprint density at radius 2 is 2.55 bits per heavy atom. The lowest BCUT2D eigenvalue weighted by Crippen LogP contribution is -2.06. The van der Waals surface area contributed by atoms with E-state index in [1.165, 1.54) is 6.20 Å². The smallest absolute Gasteiger partial charge is 0.293 e. The Labute approximate surface area is 62.0 Å². The topological polar surface area (TPSA) is 72.1 Å². The van der Waals surface area contributed by atoms with Crippen LogP contribution in [0, 0.1) is 0 Å². The summed E-state index contributed by atoms with van der Waals surface area (Å²) < 4.78 is 4.39. The van der Waals surface area contributed by atoms with Crippen LogP contribution >= 0.6 is 0 Å². The van der Waals surface area contributed by atoms with Crippen LogP contribution in [0.4, 0.5) is 0 Å². The standard InChI is InChI=1S/C6H6N2O3/c9-4-11-3-5-1-8-6(10)2-7-5/h1-2,4H,3H2,(H,8,10). The molecule has 0 saturated carbocycles. The molecule has 1 heterocycles. The average molecular weight is 154 g/mol. The molecule has 11 heavy (non-hydrogen) atoms. The summed E-state index contributed by atoms with van der Waals surface area (Å²) >= 11 is 0. The Kier molecular flexibility index (Phi) is 2.37. The van der Waals surface area contributed by atoms with E-state index < -0.39 is 0 Å². The predicted molar refractivity (Wildman–Crippen MR) is 35.7 cm³/mol. The summed E-state index contributed by atoms with van der Waals surface area (Å²) in [4.78, 5) is 26.3. The van der Waals surface area contributed by atoms with Crippen molar-refractivity contribution in [1.29, 1.82) is 0 Å². The lowest BCUT2D eigenvalue weighted by atomic mass is 10.5. The highest BCUT2D eigenvalue weighted by molar-refractivity contribution is 5.36. The van der Waals surface area contributed by atoms with Crippen LogP contribution in [0.5, 0.6) is 0 Å². The molecule has 0 aliphatic rings. The Morgan fingerprint density at radius 3 is 3.09 bits per heavy atom. The van der Waals surface area contributed by atoms with Gasteiger partial charge in [0.1, 0.15) is 6.61 Å². The zero-order valence-electron chi connectivity index (χ0n) is 5.61. The SMILES string of the molecule is O=COCc1c[nH]c(=O)cn1. The van der Waals surface area contributed by atoms with Crippen LogP contribution in [0.15, 0.2) is 17.2 Å². The van der Waals surface area contributed by atoms with E-state index in [9.17, 15) is 9.59 Å². The quantitative estimate of drug-likeness (QED) is 0.592. The van der Waals surface area contributed by atoms with Gasteiger partial charge in [0.25, 0.3) is 12.0 Å². The maximum Gasteiger partial charge on any atom is 0.293 e. The van der Waals surface area contributed by atoms with Gasteiger partial charge in [-0.2, -0.15) is 0 Å². The molecule has 0 fully saturated rings. The number of aromatic amines is 1. The van der Waals surface area contributed by atoms with Gasteiger partial charge in [-0.25, -0.2) is 0 Å². The van der Waals surface area contributed by atoms with Crippen molar-refractivity contribution in [2.75, 3.05) is 0 Å². The van der Waals surface area contributed by atoms with Crippen LogP contribution in [-0.2, 0) is 16.1 Å². The van der Waals surface area contributed by atoms with Crippen LogP contribution in [0.3, 0.4) is 0 Å². The molecule has 0 atom stereocenters. The summed E-state index contributed by atoms with van der Waals surface area (Å²) in [5, 5.41) is 0. The maximum atomic E-state index is 10.5. The molecule has 0 aromatic carbocycles. The van der Waals surface area contributed by atoms with Crippen molar-refractivity contribution in [3.8, 4) is 0 Å². The predicted octanol–water partition coefficient (Wildman–Crippen LogP) is -0.557. The fourth-order valence-corrected chi connectivity index (χ4v) is 0.569. The first-order chi connectivity index (χ1) is 5.33. The van der Waals surface area contributed by atoms with Gasteiger partial charge in [-0.15, -0.1) is 0 Å². The fourth-order valence-electron chi connectivity index (χ4n) is 0.569. The lowest BCUT2D eigenvalue weighted by molar-refractivity contribution is -0.129. The molecule has 1 aromatic rings. The van der Waals surface area contributed by atoms with Gasteiger partial charge < -0.3 is 9.72 Å². The zero-order valence-corrected chi connectivity index (χ0v) is 5.61. The third kappa shape index (κ3) is 2.21. The van der Waals surface area contributed by atoms with Crippen molar-refractivity contribution in [3.63, 3.8) is 0 Å². The Morgan fingerprint density at radius 1 is 1.73 bits per heavy atom. The maximum absolute atomic E-state index is 10.5. The Bertz CT molecular complexity index is 274. The molecular formula is C6H6N2O3. The van der Waals surface area contributed by atoms with Crippen LogP contribution < -0.4 is 5.56 Å². The molecule has 1 aromatic heterocycles. The zero-order chi connectivity index (χ0) is 8.10. The van der Waals surface area contributed by atoms with Gasteiger partial charge in [0.15, 0.2) is 0 Å². The fraction of sp³-hybridized carbons (Fsp3) is 0.167. The normalized spacial score (nSPS) is 9.09. The largest absolute Gasteiger partial charge is 0.461 e. The van der Waals surface area contributed by atoms with Gasteiger partial charge in [-0.1, -0.05) is 0 Å². The number of nitrogens with one attached hydrogen (secondary N) is 1. The molecular weight excluding hydrogens is 148 g/mol. The summed E-state index contributed by atoms with van der Waals surface area (Å²) in [7, 11) is 0. The minimum Gasteiger partial charge on any atom is -0.461 e. The summed E-state index contributed by atoms with van der Waals surface area (Å²) in [6.07, 6.45) is 2.52. The van der Waals surface area contributed by atoms with Crippen LogP contribution in [0.1, 0.15) is 5.69 Å². The van der Waals surface area contributed by atoms with E-state index in [0.717, 1.165) is 6.20 Å². The van der Waals surface area contributed by atoms with E-state index in [4.69, 9.17) is 0 Å². The first-order valence-electron chi connectivity index (χ1n) is 2.92. The molecule has 58 valence electrons. The molecule has 0 radical (unpaired) electrons.